The largest absolute Gasteiger partial charge is 0.480 e. The summed E-state index contributed by atoms with van der Waals surface area (Å²) >= 11 is 0. The summed E-state index contributed by atoms with van der Waals surface area (Å²) in [4.78, 5) is 49.1. The maximum atomic E-state index is 12.5. The van der Waals surface area contributed by atoms with Crippen LogP contribution in [0.3, 0.4) is 0 Å². The molecular weight excluding hydrogens is 360 g/mol. The molecular formula is C16H28N4O7. The van der Waals surface area contributed by atoms with E-state index in [0.29, 0.717) is 12.8 Å². The molecule has 1 aliphatic rings. The van der Waals surface area contributed by atoms with Crippen molar-refractivity contribution < 1.29 is 34.5 Å². The van der Waals surface area contributed by atoms with E-state index in [-0.39, 0.29) is 6.54 Å². The Balaban J connectivity index is 2.76. The lowest BCUT2D eigenvalue weighted by Gasteiger charge is -2.28. The Labute approximate surface area is 156 Å². The van der Waals surface area contributed by atoms with Gasteiger partial charge in [0.25, 0.3) is 0 Å². The van der Waals surface area contributed by atoms with Crippen LogP contribution in [0, 0.1) is 0 Å². The Morgan fingerprint density at radius 2 is 1.63 bits per heavy atom. The van der Waals surface area contributed by atoms with Gasteiger partial charge in [0.2, 0.25) is 17.7 Å². The highest BCUT2D eigenvalue weighted by molar-refractivity contribution is 5.94. The molecule has 0 saturated carbocycles. The molecule has 0 radical (unpaired) electrons. The number of rotatable bonds is 8. The van der Waals surface area contributed by atoms with Crippen LogP contribution >= 0.6 is 0 Å². The van der Waals surface area contributed by atoms with Crippen LogP contribution in [0.1, 0.15) is 33.6 Å². The number of likely N-dealkylation sites (tertiary alicyclic amines) is 1. The fourth-order valence-corrected chi connectivity index (χ4v) is 2.77. The average Bonchev–Trinajstić information content (AvgIpc) is 3.07. The first kappa shape index (κ1) is 22.8. The molecule has 0 aromatic carbocycles. The van der Waals surface area contributed by atoms with Gasteiger partial charge >= 0.3 is 5.97 Å². The molecule has 1 heterocycles. The van der Waals surface area contributed by atoms with Crippen molar-refractivity contribution in [1.29, 1.82) is 0 Å². The minimum absolute atomic E-state index is 0.274. The number of nitrogens with two attached hydrogens (primary N) is 1. The lowest BCUT2D eigenvalue weighted by atomic mass is 10.1. The zero-order valence-electron chi connectivity index (χ0n) is 15.6. The van der Waals surface area contributed by atoms with E-state index >= 15 is 0 Å². The van der Waals surface area contributed by atoms with Crippen molar-refractivity contribution in [1.82, 2.24) is 15.5 Å². The molecule has 6 unspecified atom stereocenters. The molecule has 11 heteroatoms. The Hall–Kier alpha value is -2.24. The minimum Gasteiger partial charge on any atom is -0.480 e. The van der Waals surface area contributed by atoms with Gasteiger partial charge in [0, 0.05) is 6.54 Å². The van der Waals surface area contributed by atoms with Gasteiger partial charge in [0.15, 0.2) is 0 Å². The molecule has 154 valence electrons. The van der Waals surface area contributed by atoms with Gasteiger partial charge in [-0.05, 0) is 33.6 Å². The molecule has 11 nitrogen and oxygen atoms in total. The van der Waals surface area contributed by atoms with Crippen molar-refractivity contribution in [3.8, 4) is 0 Å². The molecule has 1 saturated heterocycles. The summed E-state index contributed by atoms with van der Waals surface area (Å²) in [6.07, 6.45) is -1.57. The van der Waals surface area contributed by atoms with Crippen LogP contribution in [0.4, 0.5) is 0 Å². The van der Waals surface area contributed by atoms with E-state index in [1.54, 1.807) is 0 Å². The topological polar surface area (TPSA) is 182 Å². The number of aliphatic carboxylic acids is 1. The number of carboxylic acids is 1. The molecule has 0 bridgehead atoms. The number of nitrogens with one attached hydrogen (secondary N) is 2. The zero-order valence-corrected chi connectivity index (χ0v) is 15.6. The second-order valence-corrected chi connectivity index (χ2v) is 6.75. The summed E-state index contributed by atoms with van der Waals surface area (Å²) in [6, 6.07) is -4.68. The van der Waals surface area contributed by atoms with Crippen molar-refractivity contribution in [3.05, 3.63) is 0 Å². The second-order valence-electron chi connectivity index (χ2n) is 6.75. The van der Waals surface area contributed by atoms with Gasteiger partial charge in [0.05, 0.1) is 12.2 Å². The van der Waals surface area contributed by atoms with Crippen LogP contribution in [0.25, 0.3) is 0 Å². The normalized spacial score (nSPS) is 22.3. The Bertz CT molecular complexity index is 581. The first-order valence-corrected chi connectivity index (χ1v) is 8.73. The molecule has 0 spiro atoms. The third-order valence-electron chi connectivity index (χ3n) is 4.44. The summed E-state index contributed by atoms with van der Waals surface area (Å²) < 4.78 is 0. The molecule has 0 aromatic rings. The molecule has 27 heavy (non-hydrogen) atoms. The molecule has 3 amide bonds. The summed E-state index contributed by atoms with van der Waals surface area (Å²) in [6.45, 7) is 4.24. The highest BCUT2D eigenvalue weighted by Crippen LogP contribution is 2.18. The van der Waals surface area contributed by atoms with Gasteiger partial charge in [-0.2, -0.15) is 0 Å². The van der Waals surface area contributed by atoms with Gasteiger partial charge in [-0.25, -0.2) is 4.79 Å². The number of carbonyl (C=O) groups excluding carboxylic acids is 3. The number of aliphatic hydroxyl groups excluding tert-OH is 2. The van der Waals surface area contributed by atoms with Gasteiger partial charge < -0.3 is 36.6 Å². The van der Waals surface area contributed by atoms with Crippen LogP contribution in [-0.4, -0.2) is 86.8 Å². The van der Waals surface area contributed by atoms with Crippen LogP contribution in [0.5, 0.6) is 0 Å². The van der Waals surface area contributed by atoms with Gasteiger partial charge in [-0.1, -0.05) is 0 Å². The van der Waals surface area contributed by atoms with Crippen LogP contribution in [0.15, 0.2) is 0 Å². The predicted octanol–water partition coefficient (Wildman–Crippen LogP) is -2.86. The number of carbonyl (C=O) groups is 4. The maximum Gasteiger partial charge on any atom is 0.326 e. The van der Waals surface area contributed by atoms with E-state index < -0.39 is 60.1 Å². The molecule has 7 N–H and O–H groups in total. The fourth-order valence-electron chi connectivity index (χ4n) is 2.77. The smallest absolute Gasteiger partial charge is 0.326 e. The minimum atomic E-state index is -1.40. The second kappa shape index (κ2) is 9.62. The van der Waals surface area contributed by atoms with Crippen LogP contribution in [0.2, 0.25) is 0 Å². The molecule has 1 fully saturated rings. The Morgan fingerprint density at radius 3 is 2.11 bits per heavy atom. The summed E-state index contributed by atoms with van der Waals surface area (Å²) in [5.41, 5.74) is 5.49. The van der Waals surface area contributed by atoms with E-state index in [4.69, 9.17) is 10.8 Å². The van der Waals surface area contributed by atoms with Crippen molar-refractivity contribution in [2.75, 3.05) is 6.54 Å². The summed E-state index contributed by atoms with van der Waals surface area (Å²) in [5.74, 6) is -3.34. The van der Waals surface area contributed by atoms with E-state index in [1.807, 2.05) is 0 Å². The number of amides is 3. The Morgan fingerprint density at radius 1 is 1.04 bits per heavy atom. The highest BCUT2D eigenvalue weighted by atomic mass is 16.4. The third-order valence-corrected chi connectivity index (χ3v) is 4.44. The molecule has 0 aromatic heterocycles. The predicted molar refractivity (Wildman–Crippen MR) is 93.2 cm³/mol. The highest BCUT2D eigenvalue weighted by Gasteiger charge is 2.37. The Kier molecular flexibility index (Phi) is 8.13. The molecule has 6 atom stereocenters. The summed E-state index contributed by atoms with van der Waals surface area (Å²) in [7, 11) is 0. The van der Waals surface area contributed by atoms with E-state index in [0.717, 1.165) is 0 Å². The van der Waals surface area contributed by atoms with Crippen molar-refractivity contribution >= 4 is 23.7 Å². The van der Waals surface area contributed by atoms with Gasteiger partial charge in [-0.15, -0.1) is 0 Å². The SMILES string of the molecule is CC(NC(=O)C(NC(=O)C(N)C(C)O)C(C)O)C(=O)N1CCCC1C(=O)O. The first-order chi connectivity index (χ1) is 12.5. The fraction of sp³-hybridized carbons (Fsp3) is 0.750. The standard InChI is InChI=1S/C16H28N4O7/c1-7(15(25)20-6-4-5-10(20)16(26)27)18-14(24)12(9(3)22)19-13(23)11(17)8(2)21/h7-12,21-22H,4-6,17H2,1-3H3,(H,18,24)(H,19,23)(H,26,27). The molecule has 1 rings (SSSR count). The first-order valence-electron chi connectivity index (χ1n) is 8.73. The summed E-state index contributed by atoms with van der Waals surface area (Å²) in [5, 5.41) is 32.9. The lowest BCUT2D eigenvalue weighted by Crippen LogP contribution is -2.60. The van der Waals surface area contributed by atoms with Crippen LogP contribution in [-0.2, 0) is 19.2 Å². The van der Waals surface area contributed by atoms with Crippen molar-refractivity contribution in [3.63, 3.8) is 0 Å². The van der Waals surface area contributed by atoms with E-state index in [9.17, 15) is 29.4 Å². The molecule has 0 aliphatic carbocycles. The zero-order chi connectivity index (χ0) is 20.9. The number of nitrogens with zero attached hydrogens (tertiary/aromatic N) is 1. The quantitative estimate of drug-likeness (QED) is 0.256. The third kappa shape index (κ3) is 5.88. The van der Waals surface area contributed by atoms with Crippen LogP contribution < -0.4 is 16.4 Å². The van der Waals surface area contributed by atoms with Gasteiger partial charge in [-0.3, -0.25) is 14.4 Å². The lowest BCUT2D eigenvalue weighted by molar-refractivity contribution is -0.149. The van der Waals surface area contributed by atoms with Crippen molar-refractivity contribution in [2.45, 2.75) is 70.0 Å². The van der Waals surface area contributed by atoms with E-state index in [1.165, 1.54) is 25.7 Å². The number of hydrogen-bond acceptors (Lipinski definition) is 7. The monoisotopic (exact) mass is 388 g/mol. The number of hydrogen-bond donors (Lipinski definition) is 6. The number of aliphatic hydroxyl groups is 2. The van der Waals surface area contributed by atoms with Gasteiger partial charge in [0.1, 0.15) is 24.2 Å². The molecule has 1 aliphatic heterocycles. The van der Waals surface area contributed by atoms with Crippen molar-refractivity contribution in [2.24, 2.45) is 5.73 Å². The van der Waals surface area contributed by atoms with E-state index in [2.05, 4.69) is 10.6 Å². The number of carboxylic acid groups (broad SMARTS) is 1. The maximum absolute atomic E-state index is 12.5. The average molecular weight is 388 g/mol.